The summed E-state index contributed by atoms with van der Waals surface area (Å²) in [5, 5.41) is 6.33. The Morgan fingerprint density at radius 3 is 2.62 bits per heavy atom. The van der Waals surface area contributed by atoms with Crippen LogP contribution in [0.5, 0.6) is 0 Å². The molecule has 0 aliphatic carbocycles. The second kappa shape index (κ2) is 6.45. The minimum Gasteiger partial charge on any atom is -0.378 e. The van der Waals surface area contributed by atoms with Crippen LogP contribution in [0.15, 0.2) is 24.3 Å². The molecule has 21 heavy (non-hydrogen) atoms. The number of piperazine rings is 1. The number of carbonyl (C=O) groups is 1. The van der Waals surface area contributed by atoms with Gasteiger partial charge in [-0.15, -0.1) is 0 Å². The first-order valence-corrected chi connectivity index (χ1v) is 7.70. The summed E-state index contributed by atoms with van der Waals surface area (Å²) in [5.41, 5.74) is 2.07. The molecule has 5 heteroatoms. The Morgan fingerprint density at radius 2 is 2.00 bits per heavy atom. The summed E-state index contributed by atoms with van der Waals surface area (Å²) in [6.45, 7) is 6.66. The lowest BCUT2D eigenvalue weighted by Crippen LogP contribution is -2.43. The van der Waals surface area contributed by atoms with E-state index in [1.54, 1.807) is 0 Å². The lowest BCUT2D eigenvalue weighted by molar-refractivity contribution is -0.119. The molecule has 0 aromatic heterocycles. The van der Waals surface area contributed by atoms with Crippen molar-refractivity contribution in [2.24, 2.45) is 5.92 Å². The molecule has 114 valence electrons. The molecule has 2 heterocycles. The second-order valence-corrected chi connectivity index (χ2v) is 5.85. The molecule has 2 saturated heterocycles. The van der Waals surface area contributed by atoms with E-state index >= 15 is 0 Å². The van der Waals surface area contributed by atoms with Crippen molar-refractivity contribution >= 4 is 17.3 Å². The first kappa shape index (κ1) is 14.4. The van der Waals surface area contributed by atoms with Crippen LogP contribution in [-0.2, 0) is 9.53 Å². The Balaban J connectivity index is 1.57. The molecule has 0 spiro atoms. The molecule has 2 fully saturated rings. The number of rotatable bonds is 3. The van der Waals surface area contributed by atoms with Gasteiger partial charge in [0.2, 0.25) is 5.91 Å². The molecule has 0 radical (unpaired) electrons. The summed E-state index contributed by atoms with van der Waals surface area (Å²) >= 11 is 0. The van der Waals surface area contributed by atoms with Gasteiger partial charge < -0.3 is 20.3 Å². The van der Waals surface area contributed by atoms with Crippen LogP contribution in [0.3, 0.4) is 0 Å². The number of carbonyl (C=O) groups excluding carboxylic acids is 1. The van der Waals surface area contributed by atoms with Crippen LogP contribution in [0.4, 0.5) is 11.4 Å². The number of hydrogen-bond donors (Lipinski definition) is 2. The van der Waals surface area contributed by atoms with Gasteiger partial charge in [-0.2, -0.15) is 0 Å². The van der Waals surface area contributed by atoms with E-state index < -0.39 is 0 Å². The fourth-order valence-electron chi connectivity index (χ4n) is 2.92. The lowest BCUT2D eigenvalue weighted by Gasteiger charge is -2.29. The summed E-state index contributed by atoms with van der Waals surface area (Å²) in [5.74, 6) is 0.0436. The number of benzene rings is 1. The Morgan fingerprint density at radius 1 is 1.29 bits per heavy atom. The topological polar surface area (TPSA) is 53.6 Å². The quantitative estimate of drug-likeness (QED) is 0.884. The van der Waals surface area contributed by atoms with Gasteiger partial charge in [-0.05, 0) is 37.6 Å². The van der Waals surface area contributed by atoms with Crippen molar-refractivity contribution in [2.45, 2.75) is 19.4 Å². The molecule has 2 atom stereocenters. The molecule has 0 bridgehead atoms. The zero-order chi connectivity index (χ0) is 14.7. The summed E-state index contributed by atoms with van der Waals surface area (Å²) < 4.78 is 5.45. The Kier molecular flexibility index (Phi) is 4.41. The molecule has 3 rings (SSSR count). The molecular formula is C16H23N3O2. The average Bonchev–Trinajstić information content (AvgIpc) is 2.96. The van der Waals surface area contributed by atoms with Gasteiger partial charge in [0.1, 0.15) is 0 Å². The number of anilines is 2. The van der Waals surface area contributed by atoms with Crippen molar-refractivity contribution in [3.63, 3.8) is 0 Å². The van der Waals surface area contributed by atoms with E-state index in [2.05, 4.69) is 27.7 Å². The van der Waals surface area contributed by atoms with Gasteiger partial charge in [0.25, 0.3) is 0 Å². The zero-order valence-electron chi connectivity index (χ0n) is 12.5. The van der Waals surface area contributed by atoms with E-state index in [1.807, 2.05) is 19.1 Å². The smallest absolute Gasteiger partial charge is 0.229 e. The van der Waals surface area contributed by atoms with Crippen LogP contribution in [0.25, 0.3) is 0 Å². The molecular weight excluding hydrogens is 266 g/mol. The third-order valence-electron chi connectivity index (χ3n) is 4.19. The molecule has 2 aliphatic rings. The molecule has 2 aliphatic heterocycles. The van der Waals surface area contributed by atoms with Crippen LogP contribution in [0, 0.1) is 5.92 Å². The van der Waals surface area contributed by atoms with Crippen LogP contribution in [-0.4, -0.2) is 44.8 Å². The third kappa shape index (κ3) is 3.54. The maximum atomic E-state index is 12.1. The van der Waals surface area contributed by atoms with E-state index in [4.69, 9.17) is 4.74 Å². The zero-order valence-corrected chi connectivity index (χ0v) is 12.5. The van der Waals surface area contributed by atoms with Gasteiger partial charge in [-0.3, -0.25) is 4.79 Å². The molecule has 2 N–H and O–H groups in total. The van der Waals surface area contributed by atoms with Gasteiger partial charge >= 0.3 is 0 Å². The van der Waals surface area contributed by atoms with Crippen molar-refractivity contribution in [1.82, 2.24) is 5.32 Å². The summed E-state index contributed by atoms with van der Waals surface area (Å²) in [6, 6.07) is 8.12. The highest BCUT2D eigenvalue weighted by Crippen LogP contribution is 2.22. The highest BCUT2D eigenvalue weighted by molar-refractivity contribution is 5.93. The fraction of sp³-hybridized carbons (Fsp3) is 0.562. The van der Waals surface area contributed by atoms with Crippen molar-refractivity contribution in [1.29, 1.82) is 0 Å². The largest absolute Gasteiger partial charge is 0.378 e. The van der Waals surface area contributed by atoms with E-state index in [1.165, 1.54) is 5.69 Å². The fourth-order valence-corrected chi connectivity index (χ4v) is 2.92. The standard InChI is InChI=1S/C16H23N3O2/c1-12-10-13(11-21-12)16(20)18-14-2-4-15(5-3-14)19-8-6-17-7-9-19/h2-5,12-13,17H,6-11H2,1H3,(H,18,20). The minimum absolute atomic E-state index is 0.0205. The molecule has 2 unspecified atom stereocenters. The average molecular weight is 289 g/mol. The Labute approximate surface area is 125 Å². The van der Waals surface area contributed by atoms with Crippen LogP contribution in [0.2, 0.25) is 0 Å². The highest BCUT2D eigenvalue weighted by atomic mass is 16.5. The normalized spacial score (nSPS) is 25.9. The SMILES string of the molecule is CC1CC(C(=O)Nc2ccc(N3CCNCC3)cc2)CO1. The van der Waals surface area contributed by atoms with E-state index in [0.29, 0.717) is 6.61 Å². The van der Waals surface area contributed by atoms with Gasteiger partial charge in [0, 0.05) is 37.6 Å². The van der Waals surface area contributed by atoms with Gasteiger partial charge in [-0.25, -0.2) is 0 Å². The second-order valence-electron chi connectivity index (χ2n) is 5.85. The number of nitrogens with zero attached hydrogens (tertiary/aromatic N) is 1. The molecule has 5 nitrogen and oxygen atoms in total. The van der Waals surface area contributed by atoms with Gasteiger partial charge in [0.15, 0.2) is 0 Å². The van der Waals surface area contributed by atoms with Crippen LogP contribution < -0.4 is 15.5 Å². The maximum absolute atomic E-state index is 12.1. The monoisotopic (exact) mass is 289 g/mol. The Hall–Kier alpha value is -1.59. The Bertz CT molecular complexity index is 483. The lowest BCUT2D eigenvalue weighted by atomic mass is 10.1. The maximum Gasteiger partial charge on any atom is 0.229 e. The molecule has 1 amide bonds. The summed E-state index contributed by atoms with van der Waals surface area (Å²) in [7, 11) is 0. The van der Waals surface area contributed by atoms with Gasteiger partial charge in [0.05, 0.1) is 18.6 Å². The van der Waals surface area contributed by atoms with Crippen molar-refractivity contribution < 1.29 is 9.53 Å². The molecule has 0 saturated carbocycles. The van der Waals surface area contributed by atoms with E-state index in [0.717, 1.165) is 38.3 Å². The molecule has 1 aromatic rings. The van der Waals surface area contributed by atoms with Crippen LogP contribution in [0.1, 0.15) is 13.3 Å². The number of amides is 1. The van der Waals surface area contributed by atoms with Crippen molar-refractivity contribution in [3.05, 3.63) is 24.3 Å². The van der Waals surface area contributed by atoms with E-state index in [9.17, 15) is 4.79 Å². The van der Waals surface area contributed by atoms with Crippen molar-refractivity contribution in [2.75, 3.05) is 43.0 Å². The summed E-state index contributed by atoms with van der Waals surface area (Å²) in [4.78, 5) is 14.5. The predicted octanol–water partition coefficient (Wildman–Crippen LogP) is 1.46. The minimum atomic E-state index is -0.0205. The predicted molar refractivity (Wildman–Crippen MR) is 83.7 cm³/mol. The van der Waals surface area contributed by atoms with Gasteiger partial charge in [-0.1, -0.05) is 0 Å². The van der Waals surface area contributed by atoms with E-state index in [-0.39, 0.29) is 17.9 Å². The van der Waals surface area contributed by atoms with Crippen LogP contribution >= 0.6 is 0 Å². The van der Waals surface area contributed by atoms with Crippen molar-refractivity contribution in [3.8, 4) is 0 Å². The first-order chi connectivity index (χ1) is 10.2. The molecule has 1 aromatic carbocycles. The summed E-state index contributed by atoms with van der Waals surface area (Å²) in [6.07, 6.45) is 1.00. The third-order valence-corrected chi connectivity index (χ3v) is 4.19. The number of nitrogens with one attached hydrogen (secondary N) is 2. The first-order valence-electron chi connectivity index (χ1n) is 7.70. The number of ether oxygens (including phenoxy) is 1. The highest BCUT2D eigenvalue weighted by Gasteiger charge is 2.28. The number of hydrogen-bond acceptors (Lipinski definition) is 4.